The minimum atomic E-state index is -0.0183. The van der Waals surface area contributed by atoms with E-state index in [0.29, 0.717) is 16.3 Å². The number of nitrogen functional groups attached to an aromatic ring is 1. The molecule has 1 fully saturated rings. The number of rotatable bonds is 2. The maximum Gasteiger partial charge on any atom is 0.128 e. The minimum Gasteiger partial charge on any atom is -0.383 e. The lowest BCUT2D eigenvalue weighted by molar-refractivity contribution is 0.663. The molecule has 2 heterocycles. The van der Waals surface area contributed by atoms with Crippen LogP contribution in [0.3, 0.4) is 0 Å². The van der Waals surface area contributed by atoms with Gasteiger partial charge in [-0.25, -0.2) is 4.98 Å². The van der Waals surface area contributed by atoms with E-state index in [-0.39, 0.29) is 6.04 Å². The standard InChI is InChI=1S/C12H19N3S2/c1-7-5-9(12(14)15-6-7)10(13)11-8(2)16-3-4-17-11/h5-6,8,10-11H,3-4,13H2,1-2H3,(H2,14,15). The van der Waals surface area contributed by atoms with Crippen molar-refractivity contribution in [2.75, 3.05) is 17.2 Å². The summed E-state index contributed by atoms with van der Waals surface area (Å²) < 4.78 is 0. The van der Waals surface area contributed by atoms with Crippen LogP contribution in [-0.2, 0) is 0 Å². The molecule has 0 aromatic carbocycles. The van der Waals surface area contributed by atoms with Crippen molar-refractivity contribution in [1.82, 2.24) is 4.98 Å². The molecule has 17 heavy (non-hydrogen) atoms. The zero-order valence-electron chi connectivity index (χ0n) is 10.2. The molecule has 0 aliphatic carbocycles. The molecule has 1 aliphatic rings. The zero-order valence-corrected chi connectivity index (χ0v) is 11.9. The van der Waals surface area contributed by atoms with Gasteiger partial charge in [0.05, 0.1) is 0 Å². The third kappa shape index (κ3) is 2.89. The van der Waals surface area contributed by atoms with E-state index in [1.54, 1.807) is 6.20 Å². The number of thioether (sulfide) groups is 2. The summed E-state index contributed by atoms with van der Waals surface area (Å²) in [6, 6.07) is 2.05. The SMILES string of the molecule is Cc1cnc(N)c(C(N)C2SCCSC2C)c1. The molecular weight excluding hydrogens is 250 g/mol. The molecule has 4 N–H and O–H groups in total. The maximum absolute atomic E-state index is 6.38. The smallest absolute Gasteiger partial charge is 0.128 e. The fourth-order valence-electron chi connectivity index (χ4n) is 2.09. The maximum atomic E-state index is 6.38. The highest BCUT2D eigenvalue weighted by atomic mass is 32.2. The molecule has 0 bridgehead atoms. The Kier molecular flexibility index (Phi) is 4.22. The predicted molar refractivity (Wildman–Crippen MR) is 78.5 cm³/mol. The highest BCUT2D eigenvalue weighted by molar-refractivity contribution is 8.07. The average Bonchev–Trinajstić information content (AvgIpc) is 2.32. The van der Waals surface area contributed by atoms with E-state index in [4.69, 9.17) is 11.5 Å². The molecule has 0 radical (unpaired) electrons. The monoisotopic (exact) mass is 269 g/mol. The molecular formula is C12H19N3S2. The Labute approximate surface area is 111 Å². The molecule has 3 nitrogen and oxygen atoms in total. The molecule has 1 aliphatic heterocycles. The van der Waals surface area contributed by atoms with Crippen LogP contribution in [0.15, 0.2) is 12.3 Å². The van der Waals surface area contributed by atoms with Crippen LogP contribution < -0.4 is 11.5 Å². The van der Waals surface area contributed by atoms with E-state index < -0.39 is 0 Å². The lowest BCUT2D eigenvalue weighted by Crippen LogP contribution is -2.34. The Morgan fingerprint density at radius 2 is 2.12 bits per heavy atom. The average molecular weight is 269 g/mol. The van der Waals surface area contributed by atoms with Crippen LogP contribution in [0.2, 0.25) is 0 Å². The highest BCUT2D eigenvalue weighted by Gasteiger charge is 2.30. The Morgan fingerprint density at radius 3 is 2.82 bits per heavy atom. The lowest BCUT2D eigenvalue weighted by Gasteiger charge is -2.32. The molecule has 0 saturated carbocycles. The number of hydrogen-bond donors (Lipinski definition) is 2. The third-order valence-corrected chi connectivity index (χ3v) is 6.25. The van der Waals surface area contributed by atoms with Gasteiger partial charge in [-0.2, -0.15) is 23.5 Å². The van der Waals surface area contributed by atoms with Crippen molar-refractivity contribution in [3.63, 3.8) is 0 Å². The Hall–Kier alpha value is -0.390. The van der Waals surface area contributed by atoms with Crippen LogP contribution in [0, 0.1) is 6.92 Å². The molecule has 3 unspecified atom stereocenters. The molecule has 1 saturated heterocycles. The van der Waals surface area contributed by atoms with Crippen molar-refractivity contribution in [2.45, 2.75) is 30.4 Å². The van der Waals surface area contributed by atoms with Crippen LogP contribution in [0.4, 0.5) is 5.82 Å². The van der Waals surface area contributed by atoms with Crippen LogP contribution in [0.5, 0.6) is 0 Å². The highest BCUT2D eigenvalue weighted by Crippen LogP contribution is 2.38. The van der Waals surface area contributed by atoms with Crippen molar-refractivity contribution in [2.24, 2.45) is 5.73 Å². The quantitative estimate of drug-likeness (QED) is 0.862. The summed E-state index contributed by atoms with van der Waals surface area (Å²) in [4.78, 5) is 4.20. The first-order chi connectivity index (χ1) is 8.09. The van der Waals surface area contributed by atoms with Crippen molar-refractivity contribution in [3.05, 3.63) is 23.4 Å². The number of aryl methyl sites for hydroxylation is 1. The molecule has 2 rings (SSSR count). The van der Waals surface area contributed by atoms with Crippen molar-refractivity contribution in [1.29, 1.82) is 0 Å². The van der Waals surface area contributed by atoms with E-state index in [9.17, 15) is 0 Å². The van der Waals surface area contributed by atoms with Gasteiger partial charge in [-0.1, -0.05) is 6.92 Å². The summed E-state index contributed by atoms with van der Waals surface area (Å²) in [6.07, 6.45) is 1.79. The van der Waals surface area contributed by atoms with E-state index >= 15 is 0 Å². The summed E-state index contributed by atoms with van der Waals surface area (Å²) in [5.41, 5.74) is 14.4. The second-order valence-electron chi connectivity index (χ2n) is 4.42. The predicted octanol–water partition coefficient (Wildman–Crippen LogP) is 2.21. The molecule has 1 aromatic heterocycles. The third-order valence-electron chi connectivity index (χ3n) is 3.04. The van der Waals surface area contributed by atoms with Crippen molar-refractivity contribution >= 4 is 29.3 Å². The van der Waals surface area contributed by atoms with E-state index in [1.807, 2.05) is 30.4 Å². The summed E-state index contributed by atoms with van der Waals surface area (Å²) in [5.74, 6) is 2.97. The van der Waals surface area contributed by atoms with Crippen LogP contribution in [0.25, 0.3) is 0 Å². The fourth-order valence-corrected chi connectivity index (χ4v) is 4.96. The van der Waals surface area contributed by atoms with Crippen molar-refractivity contribution in [3.8, 4) is 0 Å². The largest absolute Gasteiger partial charge is 0.383 e. The summed E-state index contributed by atoms with van der Waals surface area (Å²) in [7, 11) is 0. The van der Waals surface area contributed by atoms with Gasteiger partial charge in [0.15, 0.2) is 0 Å². The Morgan fingerprint density at radius 1 is 1.41 bits per heavy atom. The number of nitrogens with two attached hydrogens (primary N) is 2. The number of hydrogen-bond acceptors (Lipinski definition) is 5. The number of aromatic nitrogens is 1. The minimum absolute atomic E-state index is 0.0183. The second kappa shape index (κ2) is 5.50. The lowest BCUT2D eigenvalue weighted by atomic mass is 10.0. The molecule has 0 spiro atoms. The normalized spacial score (nSPS) is 26.8. The first kappa shape index (κ1) is 13.1. The number of pyridine rings is 1. The van der Waals surface area contributed by atoms with Gasteiger partial charge < -0.3 is 11.5 Å². The van der Waals surface area contributed by atoms with Gasteiger partial charge in [-0.3, -0.25) is 0 Å². The molecule has 3 atom stereocenters. The Bertz CT molecular complexity index is 397. The van der Waals surface area contributed by atoms with Gasteiger partial charge in [0.2, 0.25) is 0 Å². The molecule has 1 aromatic rings. The zero-order chi connectivity index (χ0) is 12.4. The first-order valence-electron chi connectivity index (χ1n) is 5.80. The fraction of sp³-hybridized carbons (Fsp3) is 0.583. The summed E-state index contributed by atoms with van der Waals surface area (Å²) >= 11 is 3.96. The topological polar surface area (TPSA) is 64.9 Å². The van der Waals surface area contributed by atoms with Gasteiger partial charge in [0.25, 0.3) is 0 Å². The van der Waals surface area contributed by atoms with Crippen LogP contribution >= 0.6 is 23.5 Å². The van der Waals surface area contributed by atoms with Crippen LogP contribution in [-0.4, -0.2) is 27.0 Å². The number of anilines is 1. The van der Waals surface area contributed by atoms with Gasteiger partial charge in [-0.05, 0) is 18.6 Å². The molecule has 0 amide bonds. The van der Waals surface area contributed by atoms with Gasteiger partial charge in [-0.15, -0.1) is 0 Å². The molecule has 94 valence electrons. The summed E-state index contributed by atoms with van der Waals surface area (Å²) in [5, 5.41) is 1.00. The van der Waals surface area contributed by atoms with Crippen molar-refractivity contribution < 1.29 is 0 Å². The second-order valence-corrected chi connectivity index (χ2v) is 7.20. The van der Waals surface area contributed by atoms with Gasteiger partial charge in [0, 0.05) is 39.8 Å². The van der Waals surface area contributed by atoms with E-state index in [1.165, 1.54) is 11.5 Å². The molecule has 5 heteroatoms. The van der Waals surface area contributed by atoms with E-state index in [0.717, 1.165) is 11.1 Å². The first-order valence-corrected chi connectivity index (χ1v) is 7.90. The Balaban J connectivity index is 2.23. The van der Waals surface area contributed by atoms with Gasteiger partial charge in [0.1, 0.15) is 5.82 Å². The van der Waals surface area contributed by atoms with E-state index in [2.05, 4.69) is 18.0 Å². The van der Waals surface area contributed by atoms with Crippen LogP contribution in [0.1, 0.15) is 24.1 Å². The van der Waals surface area contributed by atoms with Gasteiger partial charge >= 0.3 is 0 Å². The number of nitrogens with zero attached hydrogens (tertiary/aromatic N) is 1. The summed E-state index contributed by atoms with van der Waals surface area (Å²) in [6.45, 7) is 4.27.